The van der Waals surface area contributed by atoms with Crippen LogP contribution in [0.5, 0.6) is 0 Å². The summed E-state index contributed by atoms with van der Waals surface area (Å²) in [6.45, 7) is 17.9. The van der Waals surface area contributed by atoms with E-state index in [-0.39, 0.29) is 12.2 Å². The number of carbonyl (C=O) groups is 4. The number of unbranched alkanes of at least 4 members (excludes halogenated alkanes) is 2. The Morgan fingerprint density at radius 3 is 1.32 bits per heavy atom. The largest absolute Gasteiger partial charge is 0.480 e. The van der Waals surface area contributed by atoms with E-state index in [9.17, 15) is 19.2 Å². The first-order valence-electron chi connectivity index (χ1n) is 14.1. The van der Waals surface area contributed by atoms with Crippen molar-refractivity contribution < 1.29 is 38.9 Å². The molecule has 2 rings (SSSR count). The number of hydrogen-bond acceptors (Lipinski definition) is 6. The van der Waals surface area contributed by atoms with Gasteiger partial charge in [0.2, 0.25) is 0 Å². The zero-order valence-corrected chi connectivity index (χ0v) is 25.0. The number of ether oxygens (including phenoxy) is 2. The molecular weight excluding hydrogens is 516 g/mol. The van der Waals surface area contributed by atoms with Crippen LogP contribution in [0.2, 0.25) is 0 Å². The van der Waals surface area contributed by atoms with Gasteiger partial charge in [-0.3, -0.25) is 0 Å². The quantitative estimate of drug-likeness (QED) is 0.150. The number of carboxylic acids is 2. The molecule has 10 heteroatoms. The molecule has 2 aliphatic rings. The summed E-state index contributed by atoms with van der Waals surface area (Å²) in [5, 5.41) is 23.1. The number of nitrogens with one attached hydrogen (secondary N) is 2. The predicted octanol–water partition coefficient (Wildman–Crippen LogP) is 5.91. The minimum absolute atomic E-state index is 0.0609. The molecule has 0 aromatic carbocycles. The van der Waals surface area contributed by atoms with Gasteiger partial charge >= 0.3 is 24.1 Å². The van der Waals surface area contributed by atoms with Crippen LogP contribution in [-0.2, 0) is 19.1 Å². The lowest BCUT2D eigenvalue weighted by Gasteiger charge is -2.27. The van der Waals surface area contributed by atoms with Crippen molar-refractivity contribution in [2.24, 2.45) is 22.7 Å². The smallest absolute Gasteiger partial charge is 0.408 e. The van der Waals surface area contributed by atoms with E-state index in [0.717, 1.165) is 51.4 Å². The molecule has 2 saturated carbocycles. The summed E-state index contributed by atoms with van der Waals surface area (Å²) < 4.78 is 10.5. The minimum atomic E-state index is -1.05. The molecule has 2 fully saturated rings. The van der Waals surface area contributed by atoms with Gasteiger partial charge in [-0.2, -0.15) is 0 Å². The van der Waals surface area contributed by atoms with E-state index in [2.05, 4.69) is 23.8 Å². The zero-order chi connectivity index (χ0) is 30.7. The van der Waals surface area contributed by atoms with E-state index in [1.807, 2.05) is 12.2 Å². The molecule has 228 valence electrons. The summed E-state index contributed by atoms with van der Waals surface area (Å²) in [5.74, 6) is -1.27. The normalized spacial score (nSPS) is 22.8. The van der Waals surface area contributed by atoms with Crippen molar-refractivity contribution in [1.82, 2.24) is 10.6 Å². The number of amides is 2. The fourth-order valence-electron chi connectivity index (χ4n) is 4.26. The van der Waals surface area contributed by atoms with Gasteiger partial charge in [0.1, 0.15) is 24.3 Å². The SMILES string of the molecule is C=CCCC[C@@H]1C[C@H]1OC(=O)N[C@H](C(=O)O)C(C)(C)C.C=CCCC[C@H]1C[C@@H]1OC(=O)N[C@H](C(=O)O)C(C)(C)C. The molecule has 4 N–H and O–H groups in total. The van der Waals surface area contributed by atoms with Crippen molar-refractivity contribution in [1.29, 1.82) is 0 Å². The molecule has 0 heterocycles. The summed E-state index contributed by atoms with van der Waals surface area (Å²) in [5.41, 5.74) is -1.12. The van der Waals surface area contributed by atoms with Crippen LogP contribution in [0.1, 0.15) is 92.9 Å². The van der Waals surface area contributed by atoms with Crippen LogP contribution in [0.3, 0.4) is 0 Å². The predicted molar refractivity (Wildman–Crippen MR) is 153 cm³/mol. The number of aliphatic carboxylic acids is 2. The average Bonchev–Trinajstić information content (AvgIpc) is 3.73. The Morgan fingerprint density at radius 2 is 1.07 bits per heavy atom. The second-order valence-electron chi connectivity index (χ2n) is 12.9. The van der Waals surface area contributed by atoms with Crippen molar-refractivity contribution in [2.45, 2.75) is 117 Å². The van der Waals surface area contributed by atoms with Crippen LogP contribution < -0.4 is 10.6 Å². The average molecular weight is 567 g/mol. The van der Waals surface area contributed by atoms with Gasteiger partial charge in [-0.05, 0) is 74.0 Å². The van der Waals surface area contributed by atoms with Crippen molar-refractivity contribution in [2.75, 3.05) is 0 Å². The third-order valence-electron chi connectivity index (χ3n) is 6.95. The fourth-order valence-corrected chi connectivity index (χ4v) is 4.26. The first kappa shape index (κ1) is 35.0. The molecule has 0 bridgehead atoms. The summed E-state index contributed by atoms with van der Waals surface area (Å²) in [6, 6.07) is -1.90. The second-order valence-corrected chi connectivity index (χ2v) is 12.9. The Hall–Kier alpha value is -3.04. The van der Waals surface area contributed by atoms with E-state index < -0.39 is 47.0 Å². The molecule has 2 amide bonds. The molecule has 0 aromatic rings. The van der Waals surface area contributed by atoms with Crippen LogP contribution in [-0.4, -0.2) is 58.6 Å². The molecule has 10 nitrogen and oxygen atoms in total. The van der Waals surface area contributed by atoms with Gasteiger partial charge in [0.15, 0.2) is 0 Å². The first-order chi connectivity index (χ1) is 18.5. The highest BCUT2D eigenvalue weighted by atomic mass is 16.6. The van der Waals surface area contributed by atoms with E-state index in [0.29, 0.717) is 11.8 Å². The lowest BCUT2D eigenvalue weighted by atomic mass is 9.87. The molecular formula is C30H50N2O8. The Balaban J connectivity index is 0.000000400. The van der Waals surface area contributed by atoms with Gasteiger partial charge in [-0.15, -0.1) is 13.2 Å². The van der Waals surface area contributed by atoms with Gasteiger partial charge in [-0.1, -0.05) is 53.7 Å². The third-order valence-corrected chi connectivity index (χ3v) is 6.95. The maximum Gasteiger partial charge on any atom is 0.408 e. The van der Waals surface area contributed by atoms with Gasteiger partial charge in [0.05, 0.1) is 0 Å². The van der Waals surface area contributed by atoms with E-state index >= 15 is 0 Å². The first-order valence-corrected chi connectivity index (χ1v) is 14.1. The van der Waals surface area contributed by atoms with Crippen LogP contribution >= 0.6 is 0 Å². The highest BCUT2D eigenvalue weighted by Crippen LogP contribution is 2.39. The van der Waals surface area contributed by atoms with E-state index in [1.54, 1.807) is 41.5 Å². The Kier molecular flexibility index (Phi) is 13.7. The minimum Gasteiger partial charge on any atom is -0.480 e. The van der Waals surface area contributed by atoms with Crippen LogP contribution in [0.4, 0.5) is 9.59 Å². The second kappa shape index (κ2) is 15.7. The molecule has 6 atom stereocenters. The molecule has 0 spiro atoms. The molecule has 40 heavy (non-hydrogen) atoms. The number of carboxylic acid groups (broad SMARTS) is 2. The lowest BCUT2D eigenvalue weighted by molar-refractivity contribution is -0.143. The molecule has 0 aromatic heterocycles. The van der Waals surface area contributed by atoms with Gasteiger partial charge in [0.25, 0.3) is 0 Å². The van der Waals surface area contributed by atoms with Crippen LogP contribution in [0, 0.1) is 22.7 Å². The Bertz CT molecular complexity index is 817. The molecule has 0 unspecified atom stereocenters. The fraction of sp³-hybridized carbons (Fsp3) is 0.733. The van der Waals surface area contributed by atoms with Crippen molar-refractivity contribution >= 4 is 24.1 Å². The summed E-state index contributed by atoms with van der Waals surface area (Å²) >= 11 is 0. The maximum absolute atomic E-state index is 11.7. The number of rotatable bonds is 14. The van der Waals surface area contributed by atoms with Gasteiger partial charge < -0.3 is 30.3 Å². The van der Waals surface area contributed by atoms with Crippen LogP contribution in [0.15, 0.2) is 25.3 Å². The molecule has 0 aliphatic heterocycles. The van der Waals surface area contributed by atoms with Crippen LogP contribution in [0.25, 0.3) is 0 Å². The highest BCUT2D eigenvalue weighted by molar-refractivity contribution is 5.81. The van der Waals surface area contributed by atoms with Gasteiger partial charge in [-0.25, -0.2) is 19.2 Å². The number of hydrogen-bond donors (Lipinski definition) is 4. The molecule has 2 aliphatic carbocycles. The Labute approximate surface area is 238 Å². The highest BCUT2D eigenvalue weighted by Gasteiger charge is 2.42. The van der Waals surface area contributed by atoms with Crippen molar-refractivity contribution in [3.63, 3.8) is 0 Å². The summed E-state index contributed by atoms with van der Waals surface area (Å²) in [6.07, 6.45) is 10.2. The number of allylic oxidation sites excluding steroid dienone is 2. The van der Waals surface area contributed by atoms with Crippen molar-refractivity contribution in [3.05, 3.63) is 25.3 Å². The Morgan fingerprint density at radius 1 is 0.750 bits per heavy atom. The lowest BCUT2D eigenvalue weighted by Crippen LogP contribution is -2.49. The zero-order valence-electron chi connectivity index (χ0n) is 25.0. The maximum atomic E-state index is 11.7. The summed E-state index contributed by atoms with van der Waals surface area (Å²) in [4.78, 5) is 45.7. The summed E-state index contributed by atoms with van der Waals surface area (Å²) in [7, 11) is 0. The van der Waals surface area contributed by atoms with E-state index in [4.69, 9.17) is 19.7 Å². The topological polar surface area (TPSA) is 151 Å². The molecule has 0 radical (unpaired) electrons. The number of alkyl carbamates (subject to hydrolysis) is 2. The monoisotopic (exact) mass is 566 g/mol. The standard InChI is InChI=1S/2C15H25NO4/c2*1-5-6-7-8-10-9-11(10)20-14(19)16-12(13(17)18)15(2,3)4/h2*5,10-12H,1,6-9H2,2-4H3,(H,16,19)(H,17,18)/t10-,11-,12+;10-,11-,12-/m01/s1. The third kappa shape index (κ3) is 13.3. The van der Waals surface area contributed by atoms with E-state index in [1.165, 1.54) is 0 Å². The van der Waals surface area contributed by atoms with Gasteiger partial charge in [0, 0.05) is 0 Å². The number of carbonyl (C=O) groups excluding carboxylic acids is 2. The molecule has 0 saturated heterocycles. The van der Waals surface area contributed by atoms with Crippen molar-refractivity contribution in [3.8, 4) is 0 Å².